The molecule has 0 aliphatic rings. The highest BCUT2D eigenvalue weighted by atomic mass is 16.5. The van der Waals surface area contributed by atoms with Crippen LogP contribution >= 0.6 is 0 Å². The van der Waals surface area contributed by atoms with E-state index in [9.17, 15) is 9.59 Å². The number of benzene rings is 3. The minimum absolute atomic E-state index is 0.0349. The lowest BCUT2D eigenvalue weighted by atomic mass is 10.2. The Hall–Kier alpha value is -4.13. The van der Waals surface area contributed by atoms with Gasteiger partial charge in [0.2, 0.25) is 11.9 Å². The summed E-state index contributed by atoms with van der Waals surface area (Å²) in [5.41, 5.74) is 3.45. The summed E-state index contributed by atoms with van der Waals surface area (Å²) >= 11 is 0. The number of ether oxygens (including phenoxy) is 1. The third-order valence-electron chi connectivity index (χ3n) is 4.86. The predicted molar refractivity (Wildman–Crippen MR) is 120 cm³/mol. The maximum absolute atomic E-state index is 12.9. The normalized spacial score (nSPS) is 10.6. The lowest BCUT2D eigenvalue weighted by Crippen LogP contribution is -2.21. The Morgan fingerprint density at radius 1 is 0.935 bits per heavy atom. The molecule has 0 radical (unpaired) electrons. The molecule has 2 N–H and O–H groups in total. The molecule has 1 amide bonds. The fourth-order valence-corrected chi connectivity index (χ4v) is 3.36. The van der Waals surface area contributed by atoms with Crippen molar-refractivity contribution in [3.05, 3.63) is 90.0 Å². The molecule has 7 heteroatoms. The smallest absolute Gasteiger partial charge is 0.339 e. The molecular weight excluding hydrogens is 392 g/mol. The number of nitrogens with zero attached hydrogens (tertiary/aromatic N) is 2. The molecule has 31 heavy (non-hydrogen) atoms. The van der Waals surface area contributed by atoms with E-state index in [0.717, 1.165) is 16.6 Å². The average molecular weight is 414 g/mol. The molecule has 0 fully saturated rings. The van der Waals surface area contributed by atoms with Crippen molar-refractivity contribution < 1.29 is 14.3 Å². The summed E-state index contributed by atoms with van der Waals surface area (Å²) in [5.74, 6) is -0.182. The summed E-state index contributed by atoms with van der Waals surface area (Å²) in [7, 11) is 1.31. The molecule has 0 bridgehead atoms. The number of para-hydroxylation sites is 3. The lowest BCUT2D eigenvalue weighted by Gasteiger charge is -2.13. The van der Waals surface area contributed by atoms with Crippen molar-refractivity contribution in [2.24, 2.45) is 0 Å². The van der Waals surface area contributed by atoms with Crippen molar-refractivity contribution in [3.63, 3.8) is 0 Å². The van der Waals surface area contributed by atoms with Gasteiger partial charge in [-0.05, 0) is 29.8 Å². The minimum atomic E-state index is -0.505. The molecule has 0 atom stereocenters. The number of carbonyl (C=O) groups is 2. The van der Waals surface area contributed by atoms with Crippen molar-refractivity contribution in [2.45, 2.75) is 13.1 Å². The van der Waals surface area contributed by atoms with Crippen LogP contribution in [0.15, 0.2) is 78.9 Å². The molecule has 0 spiro atoms. The first kappa shape index (κ1) is 20.2. The molecule has 7 nitrogen and oxygen atoms in total. The van der Waals surface area contributed by atoms with Gasteiger partial charge in [0.05, 0.1) is 29.4 Å². The number of methoxy groups -OCH3 is 1. The minimum Gasteiger partial charge on any atom is -0.465 e. The average Bonchev–Trinajstić information content (AvgIpc) is 3.15. The van der Waals surface area contributed by atoms with Gasteiger partial charge in [0.15, 0.2) is 0 Å². The van der Waals surface area contributed by atoms with E-state index in [1.165, 1.54) is 7.11 Å². The van der Waals surface area contributed by atoms with Gasteiger partial charge < -0.3 is 19.9 Å². The third-order valence-corrected chi connectivity index (χ3v) is 4.86. The Bertz CT molecular complexity index is 1220. The van der Waals surface area contributed by atoms with E-state index in [1.54, 1.807) is 24.3 Å². The van der Waals surface area contributed by atoms with Crippen LogP contribution < -0.4 is 10.6 Å². The van der Waals surface area contributed by atoms with Gasteiger partial charge in [-0.1, -0.05) is 54.6 Å². The van der Waals surface area contributed by atoms with Crippen LogP contribution in [0.4, 0.5) is 11.6 Å². The second kappa shape index (κ2) is 9.13. The Morgan fingerprint density at radius 2 is 1.65 bits per heavy atom. The summed E-state index contributed by atoms with van der Waals surface area (Å²) in [6, 6.07) is 24.4. The quantitative estimate of drug-likeness (QED) is 0.445. The topological polar surface area (TPSA) is 85.2 Å². The predicted octanol–water partition coefficient (Wildman–Crippen LogP) is 4.07. The number of anilines is 2. The lowest BCUT2D eigenvalue weighted by molar-refractivity contribution is -0.116. The van der Waals surface area contributed by atoms with Crippen molar-refractivity contribution >= 4 is 34.5 Å². The second-order valence-corrected chi connectivity index (χ2v) is 6.93. The monoisotopic (exact) mass is 414 g/mol. The number of hydrogen-bond donors (Lipinski definition) is 2. The van der Waals surface area contributed by atoms with Crippen LogP contribution in [0.2, 0.25) is 0 Å². The molecule has 3 aromatic carbocycles. The van der Waals surface area contributed by atoms with E-state index in [-0.39, 0.29) is 12.5 Å². The SMILES string of the molecule is COC(=O)c1ccccc1NC(=O)Cn1c(NCc2ccccc2)nc2ccccc21. The van der Waals surface area contributed by atoms with E-state index in [1.807, 2.05) is 59.2 Å². The zero-order valence-electron chi connectivity index (χ0n) is 17.0. The Morgan fingerprint density at radius 3 is 2.45 bits per heavy atom. The fourth-order valence-electron chi connectivity index (χ4n) is 3.36. The van der Waals surface area contributed by atoms with Gasteiger partial charge >= 0.3 is 5.97 Å². The maximum atomic E-state index is 12.9. The van der Waals surface area contributed by atoms with Crippen LogP contribution in [0, 0.1) is 0 Å². The summed E-state index contributed by atoms with van der Waals surface area (Å²) in [5, 5.41) is 6.14. The van der Waals surface area contributed by atoms with Crippen LogP contribution in [0.1, 0.15) is 15.9 Å². The van der Waals surface area contributed by atoms with Crippen LogP contribution in [-0.2, 0) is 22.6 Å². The summed E-state index contributed by atoms with van der Waals surface area (Å²) in [6.45, 7) is 0.615. The third kappa shape index (κ3) is 4.56. The highest BCUT2D eigenvalue weighted by Gasteiger charge is 2.16. The van der Waals surface area contributed by atoms with Crippen LogP contribution in [-0.4, -0.2) is 28.5 Å². The van der Waals surface area contributed by atoms with Crippen molar-refractivity contribution in [2.75, 3.05) is 17.7 Å². The van der Waals surface area contributed by atoms with E-state index in [2.05, 4.69) is 15.6 Å². The first-order valence-electron chi connectivity index (χ1n) is 9.86. The number of nitrogens with one attached hydrogen (secondary N) is 2. The molecule has 0 unspecified atom stereocenters. The number of amides is 1. The molecular formula is C24H22N4O3. The molecule has 4 rings (SSSR count). The largest absolute Gasteiger partial charge is 0.465 e. The molecule has 0 aliphatic heterocycles. The first-order valence-corrected chi connectivity index (χ1v) is 9.86. The molecule has 0 saturated heterocycles. The van der Waals surface area contributed by atoms with Crippen molar-refractivity contribution in [1.29, 1.82) is 0 Å². The Kier molecular flexibility index (Phi) is 5.93. The second-order valence-electron chi connectivity index (χ2n) is 6.93. The first-order chi connectivity index (χ1) is 15.2. The van der Waals surface area contributed by atoms with Crippen LogP contribution in [0.25, 0.3) is 11.0 Å². The van der Waals surface area contributed by atoms with Crippen molar-refractivity contribution in [3.8, 4) is 0 Å². The maximum Gasteiger partial charge on any atom is 0.339 e. The van der Waals surface area contributed by atoms with Gasteiger partial charge in [0.25, 0.3) is 0 Å². The van der Waals surface area contributed by atoms with Gasteiger partial charge in [-0.25, -0.2) is 9.78 Å². The van der Waals surface area contributed by atoms with E-state index in [0.29, 0.717) is 23.7 Å². The van der Waals surface area contributed by atoms with Gasteiger partial charge in [0.1, 0.15) is 6.54 Å². The van der Waals surface area contributed by atoms with Crippen LogP contribution in [0.5, 0.6) is 0 Å². The van der Waals surface area contributed by atoms with Crippen LogP contribution in [0.3, 0.4) is 0 Å². The Labute approximate surface area is 179 Å². The van der Waals surface area contributed by atoms with Crippen molar-refractivity contribution in [1.82, 2.24) is 9.55 Å². The number of imidazole rings is 1. The van der Waals surface area contributed by atoms with Gasteiger partial charge in [-0.3, -0.25) is 4.79 Å². The number of carbonyl (C=O) groups excluding carboxylic acids is 2. The highest BCUT2D eigenvalue weighted by Crippen LogP contribution is 2.21. The molecule has 156 valence electrons. The number of rotatable bonds is 7. The zero-order chi connectivity index (χ0) is 21.6. The number of esters is 1. The van der Waals surface area contributed by atoms with Gasteiger partial charge in [-0.2, -0.15) is 0 Å². The number of fused-ring (bicyclic) bond motifs is 1. The van der Waals surface area contributed by atoms with Gasteiger partial charge in [0, 0.05) is 6.54 Å². The number of hydrogen-bond acceptors (Lipinski definition) is 5. The fraction of sp³-hybridized carbons (Fsp3) is 0.125. The van der Waals surface area contributed by atoms with E-state index in [4.69, 9.17) is 4.74 Å². The van der Waals surface area contributed by atoms with Gasteiger partial charge in [-0.15, -0.1) is 0 Å². The summed E-state index contributed by atoms with van der Waals surface area (Å²) < 4.78 is 6.63. The summed E-state index contributed by atoms with van der Waals surface area (Å²) in [6.07, 6.45) is 0. The van der Waals surface area contributed by atoms with E-state index >= 15 is 0 Å². The van der Waals surface area contributed by atoms with E-state index < -0.39 is 5.97 Å². The molecule has 1 aromatic heterocycles. The standard InChI is InChI=1S/C24H22N4O3/c1-31-23(30)18-11-5-6-12-19(18)26-22(29)16-28-21-14-8-7-13-20(21)27-24(28)25-15-17-9-3-2-4-10-17/h2-14H,15-16H2,1H3,(H,25,27)(H,26,29). The Balaban J connectivity index is 1.57. The zero-order valence-corrected chi connectivity index (χ0v) is 17.0. The molecule has 1 heterocycles. The highest BCUT2D eigenvalue weighted by molar-refractivity contribution is 6.01. The number of aromatic nitrogens is 2. The summed E-state index contributed by atoms with van der Waals surface area (Å²) in [4.78, 5) is 29.5. The molecule has 0 saturated carbocycles. The molecule has 0 aliphatic carbocycles. The molecule has 4 aromatic rings.